The summed E-state index contributed by atoms with van der Waals surface area (Å²) in [6, 6.07) is 8.67. The molecular weight excluding hydrogens is 331 g/mol. The molecule has 130 valence electrons. The summed E-state index contributed by atoms with van der Waals surface area (Å²) in [5, 5.41) is 4.36. The van der Waals surface area contributed by atoms with E-state index in [0.29, 0.717) is 19.5 Å². The summed E-state index contributed by atoms with van der Waals surface area (Å²) >= 11 is 0. The molecule has 0 aliphatic carbocycles. The van der Waals surface area contributed by atoms with Crippen LogP contribution in [0.15, 0.2) is 36.5 Å². The molecule has 0 radical (unpaired) electrons. The Balaban J connectivity index is 1.68. The monoisotopic (exact) mass is 352 g/mol. The number of sulfonamides is 1. The van der Waals surface area contributed by atoms with Crippen LogP contribution in [-0.2, 0) is 23.1 Å². The first-order chi connectivity index (χ1) is 11.4. The summed E-state index contributed by atoms with van der Waals surface area (Å²) in [7, 11) is -3.19. The third-order valence-corrected chi connectivity index (χ3v) is 4.82. The van der Waals surface area contributed by atoms with Crippen molar-refractivity contribution in [3.63, 3.8) is 0 Å². The lowest BCUT2D eigenvalue weighted by atomic mass is 10.1. The first kappa shape index (κ1) is 17.1. The highest BCUT2D eigenvalue weighted by Gasteiger charge is 2.25. The molecule has 1 unspecified atom stereocenters. The molecule has 3 rings (SSSR count). The van der Waals surface area contributed by atoms with Gasteiger partial charge in [-0.2, -0.15) is 5.10 Å². The van der Waals surface area contributed by atoms with E-state index in [4.69, 9.17) is 0 Å². The lowest BCUT2D eigenvalue weighted by Gasteiger charge is -2.34. The minimum Gasteiger partial charge on any atom is -0.291 e. The zero-order chi connectivity index (χ0) is 17.2. The Labute approximate surface area is 141 Å². The van der Waals surface area contributed by atoms with Crippen molar-refractivity contribution in [3.05, 3.63) is 53.6 Å². The number of aromatic nitrogens is 2. The Hall–Kier alpha value is -1.77. The molecule has 1 aliphatic rings. The van der Waals surface area contributed by atoms with Crippen molar-refractivity contribution in [1.82, 2.24) is 19.4 Å². The second-order valence-electron chi connectivity index (χ2n) is 6.18. The van der Waals surface area contributed by atoms with Gasteiger partial charge >= 0.3 is 0 Å². The van der Waals surface area contributed by atoms with E-state index in [1.807, 2.05) is 16.8 Å². The fourth-order valence-corrected chi connectivity index (χ4v) is 3.59. The van der Waals surface area contributed by atoms with Gasteiger partial charge in [0.25, 0.3) is 0 Å². The fraction of sp³-hybridized carbons (Fsp3) is 0.438. The second-order valence-corrected chi connectivity index (χ2v) is 8.01. The largest absolute Gasteiger partial charge is 0.291 e. The van der Waals surface area contributed by atoms with E-state index in [1.165, 1.54) is 6.07 Å². The summed E-state index contributed by atoms with van der Waals surface area (Å²) in [4.78, 5) is 2.23. The van der Waals surface area contributed by atoms with Gasteiger partial charge in [0.1, 0.15) is 5.82 Å². The SMILES string of the molecule is CS(=O)(=O)NCCC1CN(Cc2cccc(F)c2)Cc2ccnn21. The number of benzene rings is 1. The molecule has 2 aromatic rings. The highest BCUT2D eigenvalue weighted by atomic mass is 32.2. The van der Waals surface area contributed by atoms with Crippen molar-refractivity contribution in [1.29, 1.82) is 0 Å². The molecule has 0 amide bonds. The molecule has 24 heavy (non-hydrogen) atoms. The van der Waals surface area contributed by atoms with Crippen LogP contribution in [0.2, 0.25) is 0 Å². The van der Waals surface area contributed by atoms with Crippen molar-refractivity contribution in [2.45, 2.75) is 25.6 Å². The number of halogens is 1. The predicted molar refractivity (Wildman–Crippen MR) is 89.2 cm³/mol. The number of rotatable bonds is 6. The average molecular weight is 352 g/mol. The molecule has 1 aromatic carbocycles. The van der Waals surface area contributed by atoms with Gasteiger partial charge in [0.2, 0.25) is 10.0 Å². The van der Waals surface area contributed by atoms with Gasteiger partial charge in [0, 0.05) is 32.4 Å². The highest BCUT2D eigenvalue weighted by molar-refractivity contribution is 7.88. The fourth-order valence-electron chi connectivity index (χ4n) is 3.10. The first-order valence-corrected chi connectivity index (χ1v) is 9.74. The van der Waals surface area contributed by atoms with Gasteiger partial charge in [-0.1, -0.05) is 12.1 Å². The Morgan fingerprint density at radius 1 is 1.38 bits per heavy atom. The van der Waals surface area contributed by atoms with Crippen LogP contribution in [0.25, 0.3) is 0 Å². The van der Waals surface area contributed by atoms with Crippen LogP contribution < -0.4 is 4.72 Å². The van der Waals surface area contributed by atoms with Crippen LogP contribution in [0.3, 0.4) is 0 Å². The lowest BCUT2D eigenvalue weighted by molar-refractivity contribution is 0.162. The molecule has 1 N–H and O–H groups in total. The summed E-state index contributed by atoms with van der Waals surface area (Å²) in [6.07, 6.45) is 3.57. The standard InChI is InChI=1S/C16H21FN4O2S/c1-24(22,23)19-8-6-16-12-20(11-15-5-7-18-21(15)16)10-13-3-2-4-14(17)9-13/h2-5,7,9,16,19H,6,8,10-12H2,1H3. The molecular formula is C16H21FN4O2S. The smallest absolute Gasteiger partial charge is 0.208 e. The van der Waals surface area contributed by atoms with Crippen LogP contribution >= 0.6 is 0 Å². The Morgan fingerprint density at radius 3 is 2.96 bits per heavy atom. The predicted octanol–water partition coefficient (Wildman–Crippen LogP) is 1.52. The normalized spacial score (nSPS) is 18.5. The van der Waals surface area contributed by atoms with Gasteiger partial charge in [-0.15, -0.1) is 0 Å². The van der Waals surface area contributed by atoms with Crippen molar-refractivity contribution >= 4 is 10.0 Å². The minimum absolute atomic E-state index is 0.0894. The van der Waals surface area contributed by atoms with Crippen LogP contribution in [-0.4, -0.2) is 42.4 Å². The summed E-state index contributed by atoms with van der Waals surface area (Å²) in [5.41, 5.74) is 2.01. The van der Waals surface area contributed by atoms with Crippen molar-refractivity contribution in [2.24, 2.45) is 0 Å². The van der Waals surface area contributed by atoms with Crippen molar-refractivity contribution in [3.8, 4) is 0 Å². The zero-order valence-corrected chi connectivity index (χ0v) is 14.3. The third kappa shape index (κ3) is 4.40. The number of fused-ring (bicyclic) bond motifs is 1. The summed E-state index contributed by atoms with van der Waals surface area (Å²) < 4.78 is 40.3. The van der Waals surface area contributed by atoms with E-state index in [-0.39, 0.29) is 11.9 Å². The molecule has 0 bridgehead atoms. The summed E-state index contributed by atoms with van der Waals surface area (Å²) in [5.74, 6) is -0.233. The zero-order valence-electron chi connectivity index (χ0n) is 13.5. The molecule has 0 fully saturated rings. The highest BCUT2D eigenvalue weighted by Crippen LogP contribution is 2.24. The first-order valence-electron chi connectivity index (χ1n) is 7.84. The molecule has 0 saturated carbocycles. The number of nitrogens with one attached hydrogen (secondary N) is 1. The quantitative estimate of drug-likeness (QED) is 0.856. The van der Waals surface area contributed by atoms with Gasteiger partial charge in [0.15, 0.2) is 0 Å². The molecule has 2 heterocycles. The topological polar surface area (TPSA) is 67.2 Å². The van der Waals surface area contributed by atoms with Gasteiger partial charge in [-0.3, -0.25) is 9.58 Å². The summed E-state index contributed by atoms with van der Waals surface area (Å²) in [6.45, 7) is 2.51. The minimum atomic E-state index is -3.19. The average Bonchev–Trinajstić information content (AvgIpc) is 2.94. The van der Waals surface area contributed by atoms with Crippen LogP contribution in [0.1, 0.15) is 23.7 Å². The number of nitrogens with zero attached hydrogens (tertiary/aromatic N) is 3. The molecule has 6 nitrogen and oxygen atoms in total. The van der Waals surface area contributed by atoms with Crippen LogP contribution in [0, 0.1) is 5.82 Å². The Morgan fingerprint density at radius 2 is 2.21 bits per heavy atom. The maximum atomic E-state index is 13.4. The van der Waals surface area contributed by atoms with Crippen LogP contribution in [0.5, 0.6) is 0 Å². The number of hydrogen-bond acceptors (Lipinski definition) is 4. The Bertz CT molecular complexity index is 806. The van der Waals surface area contributed by atoms with Gasteiger partial charge in [-0.05, 0) is 30.2 Å². The lowest BCUT2D eigenvalue weighted by Crippen LogP contribution is -2.38. The Kier molecular flexibility index (Phi) is 4.98. The number of hydrogen-bond donors (Lipinski definition) is 1. The molecule has 1 aliphatic heterocycles. The van der Waals surface area contributed by atoms with E-state index in [0.717, 1.165) is 30.6 Å². The van der Waals surface area contributed by atoms with E-state index in [9.17, 15) is 12.8 Å². The van der Waals surface area contributed by atoms with Gasteiger partial charge in [-0.25, -0.2) is 17.5 Å². The van der Waals surface area contributed by atoms with Gasteiger partial charge < -0.3 is 0 Å². The van der Waals surface area contributed by atoms with Crippen LogP contribution in [0.4, 0.5) is 4.39 Å². The molecule has 0 spiro atoms. The molecule has 0 saturated heterocycles. The van der Waals surface area contributed by atoms with E-state index in [2.05, 4.69) is 14.7 Å². The third-order valence-electron chi connectivity index (χ3n) is 4.09. The van der Waals surface area contributed by atoms with Crippen molar-refractivity contribution in [2.75, 3.05) is 19.3 Å². The maximum Gasteiger partial charge on any atom is 0.208 e. The van der Waals surface area contributed by atoms with Crippen molar-refractivity contribution < 1.29 is 12.8 Å². The molecule has 1 aromatic heterocycles. The van der Waals surface area contributed by atoms with E-state index >= 15 is 0 Å². The van der Waals surface area contributed by atoms with E-state index in [1.54, 1.807) is 18.3 Å². The molecule has 8 heteroatoms. The molecule has 1 atom stereocenters. The van der Waals surface area contributed by atoms with E-state index < -0.39 is 10.0 Å². The maximum absolute atomic E-state index is 13.4. The van der Waals surface area contributed by atoms with Gasteiger partial charge in [0.05, 0.1) is 18.0 Å². The second kappa shape index (κ2) is 7.00.